The Bertz CT molecular complexity index is 487. The van der Waals surface area contributed by atoms with Crippen LogP contribution in [0.25, 0.3) is 0 Å². The Labute approximate surface area is 144 Å². The Balaban J connectivity index is 1.88. The monoisotopic (exact) mass is 337 g/mol. The number of nitrogens with two attached hydrogens (primary N) is 1. The summed E-state index contributed by atoms with van der Waals surface area (Å²) in [5.74, 6) is 0.951. The van der Waals surface area contributed by atoms with Gasteiger partial charge in [0.1, 0.15) is 12.3 Å². The molecule has 6 nitrogen and oxygen atoms in total. The van der Waals surface area contributed by atoms with Crippen molar-refractivity contribution in [3.8, 4) is 5.75 Å². The minimum Gasteiger partial charge on any atom is -0.497 e. The van der Waals surface area contributed by atoms with E-state index < -0.39 is 0 Å². The summed E-state index contributed by atoms with van der Waals surface area (Å²) in [6.07, 6.45) is 2.58. The number of quaternary nitrogens is 2. The maximum atomic E-state index is 11.8. The first kappa shape index (κ1) is 18.7. The fourth-order valence-electron chi connectivity index (χ4n) is 3.30. The number of amides is 1. The third-order valence-corrected chi connectivity index (χ3v) is 4.62. The van der Waals surface area contributed by atoms with Gasteiger partial charge in [0, 0.05) is 32.1 Å². The summed E-state index contributed by atoms with van der Waals surface area (Å²) in [4.78, 5) is 13.4. The van der Waals surface area contributed by atoms with Crippen LogP contribution in [0, 0.1) is 0 Å². The summed E-state index contributed by atoms with van der Waals surface area (Å²) in [6.45, 7) is 4.93. The average Bonchev–Trinajstić information content (AvgIpc) is 3.13. The minimum atomic E-state index is 0.0666. The third kappa shape index (κ3) is 5.78. The molecule has 0 bridgehead atoms. The van der Waals surface area contributed by atoms with Crippen molar-refractivity contribution in [3.63, 3.8) is 0 Å². The van der Waals surface area contributed by atoms with Gasteiger partial charge in [-0.1, -0.05) is 0 Å². The Hall–Kier alpha value is -1.63. The van der Waals surface area contributed by atoms with Crippen LogP contribution in [-0.2, 0) is 9.53 Å². The van der Waals surface area contributed by atoms with E-state index in [1.54, 1.807) is 19.1 Å². The largest absolute Gasteiger partial charge is 0.497 e. The molecule has 0 aliphatic carbocycles. The number of nitrogens with one attached hydrogen (secondary N) is 2. The highest BCUT2D eigenvalue weighted by Crippen LogP contribution is 2.15. The summed E-state index contributed by atoms with van der Waals surface area (Å²) in [5, 5.41) is 4.98. The van der Waals surface area contributed by atoms with E-state index in [4.69, 9.17) is 9.47 Å². The summed E-state index contributed by atoms with van der Waals surface area (Å²) < 4.78 is 10.2. The lowest BCUT2D eigenvalue weighted by atomic mass is 10.1. The third-order valence-electron chi connectivity index (χ3n) is 4.62. The zero-order valence-corrected chi connectivity index (χ0v) is 14.8. The molecule has 1 amide bonds. The predicted molar refractivity (Wildman–Crippen MR) is 92.2 cm³/mol. The van der Waals surface area contributed by atoms with Gasteiger partial charge in [0.25, 0.3) is 5.91 Å². The Morgan fingerprint density at radius 1 is 1.25 bits per heavy atom. The van der Waals surface area contributed by atoms with Gasteiger partial charge in [0.2, 0.25) is 0 Å². The smallest absolute Gasteiger partial charge is 0.275 e. The number of hydrogen-bond donors (Lipinski definition) is 3. The quantitative estimate of drug-likeness (QED) is 0.467. The molecule has 4 N–H and O–H groups in total. The first-order chi connectivity index (χ1) is 11.7. The average molecular weight is 337 g/mol. The summed E-state index contributed by atoms with van der Waals surface area (Å²) in [7, 11) is 3.32. The standard InChI is InChI=1S/C18H29N3O3/c1-23-12-9-20-18(22)14-19-13-17(21-10-3-4-11-21)15-5-7-16(24-2)8-6-15/h5-8,17,19H,3-4,9-14H2,1-2H3,(H,20,22)/p+2/t17-/m0/s1. The SMILES string of the molecule is COCCNC(=O)C[NH2+]C[C@@H](c1ccc(OC)cc1)[NH+]1CCCC1. The van der Waals surface area contributed by atoms with Gasteiger partial charge in [0.15, 0.2) is 12.6 Å². The van der Waals surface area contributed by atoms with Crippen LogP contribution in [0.1, 0.15) is 24.4 Å². The van der Waals surface area contributed by atoms with E-state index in [9.17, 15) is 4.79 Å². The number of benzene rings is 1. The van der Waals surface area contributed by atoms with Crippen LogP contribution in [0.3, 0.4) is 0 Å². The fourth-order valence-corrected chi connectivity index (χ4v) is 3.30. The van der Waals surface area contributed by atoms with E-state index in [1.165, 1.54) is 31.5 Å². The lowest BCUT2D eigenvalue weighted by molar-refractivity contribution is -0.933. The first-order valence-electron chi connectivity index (χ1n) is 8.80. The highest BCUT2D eigenvalue weighted by Gasteiger charge is 2.28. The molecule has 1 heterocycles. The van der Waals surface area contributed by atoms with Crippen LogP contribution in [0.5, 0.6) is 5.75 Å². The molecule has 1 aromatic rings. The molecule has 1 aliphatic rings. The molecule has 1 aliphatic heterocycles. The maximum absolute atomic E-state index is 11.8. The molecule has 0 aromatic heterocycles. The molecule has 2 rings (SSSR count). The Morgan fingerprint density at radius 2 is 1.96 bits per heavy atom. The summed E-state index contributed by atoms with van der Waals surface area (Å²) in [5.41, 5.74) is 1.32. The zero-order chi connectivity index (χ0) is 17.2. The number of carbonyl (C=O) groups excluding carboxylic acids is 1. The van der Waals surface area contributed by atoms with Crippen molar-refractivity contribution in [2.75, 3.05) is 53.6 Å². The second kappa shape index (κ2) is 10.3. The van der Waals surface area contributed by atoms with Crippen LogP contribution < -0.4 is 20.3 Å². The van der Waals surface area contributed by atoms with Crippen molar-refractivity contribution < 1.29 is 24.5 Å². The van der Waals surface area contributed by atoms with E-state index in [0.29, 0.717) is 25.7 Å². The van der Waals surface area contributed by atoms with Gasteiger partial charge in [-0.05, 0) is 24.3 Å². The van der Waals surface area contributed by atoms with Gasteiger partial charge in [-0.2, -0.15) is 0 Å². The van der Waals surface area contributed by atoms with Crippen molar-refractivity contribution in [2.45, 2.75) is 18.9 Å². The molecule has 1 atom stereocenters. The van der Waals surface area contributed by atoms with Crippen molar-refractivity contribution in [2.24, 2.45) is 0 Å². The summed E-state index contributed by atoms with van der Waals surface area (Å²) >= 11 is 0. The maximum Gasteiger partial charge on any atom is 0.275 e. The molecule has 0 unspecified atom stereocenters. The molecule has 1 saturated heterocycles. The molecule has 0 saturated carbocycles. The predicted octanol–water partition coefficient (Wildman–Crippen LogP) is -1.26. The van der Waals surface area contributed by atoms with Gasteiger partial charge in [-0.25, -0.2) is 0 Å². The second-order valence-electron chi connectivity index (χ2n) is 6.26. The van der Waals surface area contributed by atoms with Crippen LogP contribution in [0.15, 0.2) is 24.3 Å². The highest BCUT2D eigenvalue weighted by atomic mass is 16.5. The van der Waals surface area contributed by atoms with Gasteiger partial charge < -0.3 is 25.0 Å². The van der Waals surface area contributed by atoms with Gasteiger partial charge in [-0.3, -0.25) is 4.79 Å². The van der Waals surface area contributed by atoms with E-state index in [0.717, 1.165) is 12.3 Å². The molecule has 6 heteroatoms. The Morgan fingerprint density at radius 3 is 2.58 bits per heavy atom. The van der Waals surface area contributed by atoms with E-state index in [1.807, 2.05) is 12.1 Å². The molecule has 0 radical (unpaired) electrons. The minimum absolute atomic E-state index is 0.0666. The van der Waals surface area contributed by atoms with E-state index in [-0.39, 0.29) is 5.91 Å². The Kier molecular flexibility index (Phi) is 8.01. The van der Waals surface area contributed by atoms with Crippen molar-refractivity contribution in [1.29, 1.82) is 0 Å². The first-order valence-corrected chi connectivity index (χ1v) is 8.80. The summed E-state index contributed by atoms with van der Waals surface area (Å²) in [6, 6.07) is 8.78. The fraction of sp³-hybridized carbons (Fsp3) is 0.611. The number of hydrogen-bond acceptors (Lipinski definition) is 3. The molecule has 0 spiro atoms. The number of methoxy groups -OCH3 is 2. The van der Waals surface area contributed by atoms with Crippen molar-refractivity contribution >= 4 is 5.91 Å². The molecule has 1 aromatic carbocycles. The number of carbonyl (C=O) groups is 1. The molecular formula is C18H31N3O3+2. The zero-order valence-electron chi connectivity index (χ0n) is 14.8. The van der Waals surface area contributed by atoms with Crippen LogP contribution in [0.2, 0.25) is 0 Å². The molecule has 134 valence electrons. The topological polar surface area (TPSA) is 68.6 Å². The lowest BCUT2D eigenvalue weighted by Gasteiger charge is -2.23. The van der Waals surface area contributed by atoms with Crippen molar-refractivity contribution in [1.82, 2.24) is 5.32 Å². The van der Waals surface area contributed by atoms with Crippen molar-refractivity contribution in [3.05, 3.63) is 29.8 Å². The normalized spacial score (nSPS) is 16.1. The van der Waals surface area contributed by atoms with Crippen LogP contribution >= 0.6 is 0 Å². The van der Waals surface area contributed by atoms with Crippen LogP contribution in [0.4, 0.5) is 0 Å². The van der Waals surface area contributed by atoms with Gasteiger partial charge >= 0.3 is 0 Å². The lowest BCUT2D eigenvalue weighted by Crippen LogP contribution is -3.13. The number of ether oxygens (including phenoxy) is 2. The molecule has 24 heavy (non-hydrogen) atoms. The highest BCUT2D eigenvalue weighted by molar-refractivity contribution is 5.76. The van der Waals surface area contributed by atoms with Crippen LogP contribution in [-0.4, -0.2) is 59.5 Å². The van der Waals surface area contributed by atoms with Gasteiger partial charge in [0.05, 0.1) is 26.8 Å². The molecular weight excluding hydrogens is 306 g/mol. The number of likely N-dealkylation sites (tertiary alicyclic amines) is 1. The van der Waals surface area contributed by atoms with E-state index >= 15 is 0 Å². The number of rotatable bonds is 10. The van der Waals surface area contributed by atoms with E-state index in [2.05, 4.69) is 22.8 Å². The van der Waals surface area contributed by atoms with Gasteiger partial charge in [-0.15, -0.1) is 0 Å². The second-order valence-corrected chi connectivity index (χ2v) is 6.26. The molecule has 1 fully saturated rings.